The number of nitriles is 1. The number of aliphatic imine (C=N–C) groups is 1. The van der Waals surface area contributed by atoms with Crippen LogP contribution in [0.4, 0.5) is 0 Å². The summed E-state index contributed by atoms with van der Waals surface area (Å²) in [5.74, 6) is 0. The number of likely N-dealkylation sites (N-methyl/N-ethyl adjacent to an activating group) is 1. The van der Waals surface area contributed by atoms with Crippen LogP contribution in [0.5, 0.6) is 0 Å². The van der Waals surface area contributed by atoms with Gasteiger partial charge in [0, 0.05) is 5.56 Å². The average molecular weight is 267 g/mol. The summed E-state index contributed by atoms with van der Waals surface area (Å²) in [5.41, 5.74) is 1.11. The Morgan fingerprint density at radius 2 is 2.00 bits per heavy atom. The third-order valence-electron chi connectivity index (χ3n) is 3.22. The molecule has 0 saturated carbocycles. The molecule has 1 aliphatic rings. The van der Waals surface area contributed by atoms with Crippen molar-refractivity contribution in [3.8, 4) is 6.07 Å². The molecule has 1 aliphatic heterocycles. The molecule has 3 rings (SSSR count). The lowest BCUT2D eigenvalue weighted by Gasteiger charge is -2.09. The number of fused-ring (bicyclic) bond motifs is 1. The Balaban J connectivity index is 2.09. The molecule has 0 saturated heterocycles. The number of rotatable bonds is 2. The average Bonchev–Trinajstić information content (AvgIpc) is 2.89. The summed E-state index contributed by atoms with van der Waals surface area (Å²) in [5, 5.41) is 15.6. The number of nitrogens with zero attached hydrogens (tertiary/aromatic N) is 2. The third-order valence-corrected chi connectivity index (χ3v) is 4.51. The van der Waals surface area contributed by atoms with E-state index in [0.717, 1.165) is 10.6 Å². The van der Waals surface area contributed by atoms with E-state index >= 15 is 0 Å². The van der Waals surface area contributed by atoms with Crippen molar-refractivity contribution in [1.29, 1.82) is 5.26 Å². The number of nitrogens with one attached hydrogen (secondary N) is 1. The predicted molar refractivity (Wildman–Crippen MR) is 80.3 cm³/mol. The fraction of sp³-hybridized carbons (Fsp3) is 0.200. The SMILES string of the molecule is CNC1SC(c2cccc3ccccc23)=NC1C#N. The molecule has 0 bridgehead atoms. The number of hydrogen-bond acceptors (Lipinski definition) is 4. The lowest BCUT2D eigenvalue weighted by Crippen LogP contribution is -2.29. The minimum Gasteiger partial charge on any atom is -0.305 e. The maximum Gasteiger partial charge on any atom is 0.162 e. The van der Waals surface area contributed by atoms with Crippen LogP contribution < -0.4 is 5.32 Å². The molecule has 2 aromatic rings. The molecule has 1 heterocycles. The summed E-state index contributed by atoms with van der Waals surface area (Å²) in [7, 11) is 1.86. The van der Waals surface area contributed by atoms with E-state index in [-0.39, 0.29) is 11.4 Å². The second-order valence-electron chi connectivity index (χ2n) is 4.36. The molecule has 2 unspecified atom stereocenters. The van der Waals surface area contributed by atoms with Crippen LogP contribution in [0.25, 0.3) is 10.8 Å². The van der Waals surface area contributed by atoms with Gasteiger partial charge in [0.05, 0.1) is 11.4 Å². The first-order chi connectivity index (χ1) is 9.33. The summed E-state index contributed by atoms with van der Waals surface area (Å²) < 4.78 is 0. The Bertz CT molecular complexity index is 682. The van der Waals surface area contributed by atoms with Crippen molar-refractivity contribution in [1.82, 2.24) is 5.32 Å². The molecule has 0 aliphatic carbocycles. The highest BCUT2D eigenvalue weighted by Crippen LogP contribution is 2.31. The highest BCUT2D eigenvalue weighted by atomic mass is 32.2. The van der Waals surface area contributed by atoms with E-state index < -0.39 is 0 Å². The lowest BCUT2D eigenvalue weighted by atomic mass is 10.1. The molecule has 0 amide bonds. The summed E-state index contributed by atoms with van der Waals surface area (Å²) >= 11 is 1.63. The van der Waals surface area contributed by atoms with Crippen molar-refractivity contribution in [2.75, 3.05) is 7.05 Å². The molecule has 1 N–H and O–H groups in total. The van der Waals surface area contributed by atoms with Crippen molar-refractivity contribution in [3.05, 3.63) is 48.0 Å². The van der Waals surface area contributed by atoms with Gasteiger partial charge in [-0.25, -0.2) is 0 Å². The van der Waals surface area contributed by atoms with Crippen LogP contribution in [0, 0.1) is 11.3 Å². The van der Waals surface area contributed by atoms with E-state index in [0.29, 0.717) is 0 Å². The largest absolute Gasteiger partial charge is 0.305 e. The van der Waals surface area contributed by atoms with Gasteiger partial charge in [-0.3, -0.25) is 4.99 Å². The Labute approximate surface area is 116 Å². The quantitative estimate of drug-likeness (QED) is 0.910. The van der Waals surface area contributed by atoms with Crippen molar-refractivity contribution in [2.45, 2.75) is 11.4 Å². The molecule has 2 atom stereocenters. The first-order valence-corrected chi connectivity index (χ1v) is 7.01. The van der Waals surface area contributed by atoms with E-state index in [9.17, 15) is 0 Å². The second-order valence-corrected chi connectivity index (χ2v) is 5.49. The Hall–Kier alpha value is -1.83. The van der Waals surface area contributed by atoms with E-state index in [1.54, 1.807) is 11.8 Å². The van der Waals surface area contributed by atoms with Crippen molar-refractivity contribution in [3.63, 3.8) is 0 Å². The second kappa shape index (κ2) is 5.04. The molecule has 0 spiro atoms. The van der Waals surface area contributed by atoms with Crippen LogP contribution >= 0.6 is 11.8 Å². The van der Waals surface area contributed by atoms with Crippen LogP contribution in [-0.2, 0) is 0 Å². The van der Waals surface area contributed by atoms with Crippen LogP contribution in [0.3, 0.4) is 0 Å². The minimum absolute atomic E-state index is 0.0407. The summed E-state index contributed by atoms with van der Waals surface area (Å²) in [6.45, 7) is 0. The number of thioether (sulfide) groups is 1. The maximum absolute atomic E-state index is 9.14. The van der Waals surface area contributed by atoms with Gasteiger partial charge in [-0.1, -0.05) is 54.2 Å². The fourth-order valence-electron chi connectivity index (χ4n) is 2.27. The molecule has 0 fully saturated rings. The van der Waals surface area contributed by atoms with E-state index in [1.807, 2.05) is 25.2 Å². The molecular formula is C15H13N3S. The van der Waals surface area contributed by atoms with Gasteiger partial charge in [-0.05, 0) is 17.8 Å². The third kappa shape index (κ3) is 2.12. The zero-order valence-electron chi connectivity index (χ0n) is 10.5. The van der Waals surface area contributed by atoms with Gasteiger partial charge in [0.1, 0.15) is 5.04 Å². The van der Waals surface area contributed by atoms with Crippen molar-refractivity contribution in [2.24, 2.45) is 4.99 Å². The van der Waals surface area contributed by atoms with E-state index in [1.165, 1.54) is 10.8 Å². The lowest BCUT2D eigenvalue weighted by molar-refractivity contribution is 0.687. The minimum atomic E-state index is -0.316. The fourth-order valence-corrected chi connectivity index (χ4v) is 3.36. The van der Waals surface area contributed by atoms with Crippen LogP contribution in [0.2, 0.25) is 0 Å². The first kappa shape index (κ1) is 12.2. The topological polar surface area (TPSA) is 48.2 Å². The molecular weight excluding hydrogens is 254 g/mol. The summed E-state index contributed by atoms with van der Waals surface area (Å²) in [6, 6.07) is 16.4. The molecule has 3 nitrogen and oxygen atoms in total. The van der Waals surface area contributed by atoms with Crippen molar-refractivity contribution >= 4 is 27.6 Å². The normalized spacial score (nSPS) is 22.2. The molecule has 0 radical (unpaired) electrons. The molecule has 0 aromatic heterocycles. The molecule has 2 aromatic carbocycles. The van der Waals surface area contributed by atoms with Gasteiger partial charge in [-0.15, -0.1) is 0 Å². The molecule has 19 heavy (non-hydrogen) atoms. The Morgan fingerprint density at radius 3 is 2.74 bits per heavy atom. The van der Waals surface area contributed by atoms with Crippen LogP contribution in [0.1, 0.15) is 5.56 Å². The summed E-state index contributed by atoms with van der Waals surface area (Å²) in [6.07, 6.45) is 0. The maximum atomic E-state index is 9.14. The highest BCUT2D eigenvalue weighted by molar-refractivity contribution is 8.15. The van der Waals surface area contributed by atoms with Gasteiger partial charge in [0.15, 0.2) is 6.04 Å². The Kier molecular flexibility index (Phi) is 3.24. The Morgan fingerprint density at radius 1 is 1.21 bits per heavy atom. The van der Waals surface area contributed by atoms with Gasteiger partial charge in [0.2, 0.25) is 0 Å². The smallest absolute Gasteiger partial charge is 0.162 e. The first-order valence-electron chi connectivity index (χ1n) is 6.13. The zero-order chi connectivity index (χ0) is 13.2. The number of benzene rings is 2. The zero-order valence-corrected chi connectivity index (χ0v) is 11.3. The van der Waals surface area contributed by atoms with Crippen LogP contribution in [0.15, 0.2) is 47.5 Å². The highest BCUT2D eigenvalue weighted by Gasteiger charge is 2.29. The monoisotopic (exact) mass is 267 g/mol. The summed E-state index contributed by atoms with van der Waals surface area (Å²) in [4.78, 5) is 4.54. The van der Waals surface area contributed by atoms with E-state index in [2.05, 4.69) is 40.6 Å². The van der Waals surface area contributed by atoms with Crippen molar-refractivity contribution < 1.29 is 0 Å². The van der Waals surface area contributed by atoms with E-state index in [4.69, 9.17) is 5.26 Å². The van der Waals surface area contributed by atoms with Gasteiger partial charge >= 0.3 is 0 Å². The molecule has 4 heteroatoms. The van der Waals surface area contributed by atoms with Gasteiger partial charge in [-0.2, -0.15) is 5.26 Å². The predicted octanol–water partition coefficient (Wildman–Crippen LogP) is 2.77. The van der Waals surface area contributed by atoms with Crippen LogP contribution in [-0.4, -0.2) is 23.5 Å². The standard InChI is InChI=1S/C15H13N3S/c1-17-15-13(9-16)18-14(19-15)12-8-4-6-10-5-2-3-7-11(10)12/h2-8,13,15,17H,1H3. The number of hydrogen-bond donors (Lipinski definition) is 1. The van der Waals surface area contributed by atoms with Gasteiger partial charge < -0.3 is 5.32 Å². The molecule has 94 valence electrons. The van der Waals surface area contributed by atoms with Gasteiger partial charge in [0.25, 0.3) is 0 Å².